The van der Waals surface area contributed by atoms with Gasteiger partial charge in [-0.3, -0.25) is 0 Å². The number of hydrogen-bond donors (Lipinski definition) is 0. The van der Waals surface area contributed by atoms with E-state index in [1.165, 1.54) is 0 Å². The standard InChI is InChI=1S/C10H12O/c1-5-10(3,4)9-8(2)6-7-11-9/h1,6-7H,2-4H3. The van der Waals surface area contributed by atoms with Gasteiger partial charge < -0.3 is 4.42 Å². The van der Waals surface area contributed by atoms with Crippen LogP contribution < -0.4 is 0 Å². The highest BCUT2D eigenvalue weighted by Crippen LogP contribution is 2.25. The summed E-state index contributed by atoms with van der Waals surface area (Å²) < 4.78 is 5.28. The topological polar surface area (TPSA) is 13.1 Å². The van der Waals surface area contributed by atoms with Crippen LogP contribution in [-0.2, 0) is 5.41 Å². The summed E-state index contributed by atoms with van der Waals surface area (Å²) in [5.41, 5.74) is 0.834. The highest BCUT2D eigenvalue weighted by Gasteiger charge is 2.22. The van der Waals surface area contributed by atoms with Crippen LogP contribution in [0.3, 0.4) is 0 Å². The van der Waals surface area contributed by atoms with E-state index in [1.807, 2.05) is 26.8 Å². The minimum absolute atomic E-state index is 0.284. The molecule has 0 fully saturated rings. The molecule has 11 heavy (non-hydrogen) atoms. The first-order valence-electron chi connectivity index (χ1n) is 3.60. The molecular weight excluding hydrogens is 136 g/mol. The zero-order chi connectivity index (χ0) is 8.48. The summed E-state index contributed by atoms with van der Waals surface area (Å²) in [6.07, 6.45) is 7.03. The third-order valence-electron chi connectivity index (χ3n) is 1.79. The Bertz CT molecular complexity index is 286. The molecule has 0 saturated carbocycles. The quantitative estimate of drug-likeness (QED) is 0.558. The summed E-state index contributed by atoms with van der Waals surface area (Å²) in [5.74, 6) is 3.58. The van der Waals surface area contributed by atoms with Crippen LogP contribution >= 0.6 is 0 Å². The van der Waals surface area contributed by atoms with E-state index in [0.29, 0.717) is 0 Å². The molecular formula is C10H12O. The van der Waals surface area contributed by atoms with E-state index in [-0.39, 0.29) is 5.41 Å². The second kappa shape index (κ2) is 2.47. The van der Waals surface area contributed by atoms with Crippen LogP contribution in [0.4, 0.5) is 0 Å². The van der Waals surface area contributed by atoms with Crippen molar-refractivity contribution in [3.05, 3.63) is 23.7 Å². The second-order valence-corrected chi connectivity index (χ2v) is 3.20. The minimum atomic E-state index is -0.284. The Morgan fingerprint density at radius 3 is 2.55 bits per heavy atom. The Morgan fingerprint density at radius 1 is 1.55 bits per heavy atom. The van der Waals surface area contributed by atoms with E-state index in [1.54, 1.807) is 6.26 Å². The molecule has 0 radical (unpaired) electrons. The average Bonchev–Trinajstić information content (AvgIpc) is 2.36. The second-order valence-electron chi connectivity index (χ2n) is 3.20. The van der Waals surface area contributed by atoms with E-state index < -0.39 is 0 Å². The van der Waals surface area contributed by atoms with Gasteiger partial charge in [0, 0.05) is 0 Å². The van der Waals surface area contributed by atoms with Crippen LogP contribution in [0, 0.1) is 19.3 Å². The maximum Gasteiger partial charge on any atom is 0.124 e. The first-order chi connectivity index (χ1) is 5.08. The number of furan rings is 1. The van der Waals surface area contributed by atoms with E-state index >= 15 is 0 Å². The number of aryl methyl sites for hydroxylation is 1. The lowest BCUT2D eigenvalue weighted by molar-refractivity contribution is 0.443. The van der Waals surface area contributed by atoms with Crippen LogP contribution in [0.1, 0.15) is 25.2 Å². The summed E-state index contributed by atoms with van der Waals surface area (Å²) in [6, 6.07) is 1.93. The van der Waals surface area contributed by atoms with Gasteiger partial charge in [-0.15, -0.1) is 6.42 Å². The monoisotopic (exact) mass is 148 g/mol. The lowest BCUT2D eigenvalue weighted by atomic mass is 9.89. The molecule has 0 N–H and O–H groups in total. The minimum Gasteiger partial charge on any atom is -0.467 e. The Kier molecular flexibility index (Phi) is 1.78. The molecule has 0 aliphatic carbocycles. The third-order valence-corrected chi connectivity index (χ3v) is 1.79. The first-order valence-corrected chi connectivity index (χ1v) is 3.60. The fourth-order valence-electron chi connectivity index (χ4n) is 1.08. The average molecular weight is 148 g/mol. The predicted octanol–water partition coefficient (Wildman–Crippen LogP) is 2.50. The number of terminal acetylenes is 1. The van der Waals surface area contributed by atoms with Crippen molar-refractivity contribution >= 4 is 0 Å². The molecule has 1 heterocycles. The lowest BCUT2D eigenvalue weighted by Gasteiger charge is -2.14. The Morgan fingerprint density at radius 2 is 2.18 bits per heavy atom. The van der Waals surface area contributed by atoms with Gasteiger partial charge in [0.25, 0.3) is 0 Å². The SMILES string of the molecule is C#CC(C)(C)c1occc1C. The zero-order valence-corrected chi connectivity index (χ0v) is 7.14. The molecule has 58 valence electrons. The molecule has 1 rings (SSSR count). The molecule has 0 bridgehead atoms. The molecule has 0 atom stereocenters. The zero-order valence-electron chi connectivity index (χ0n) is 7.14. The Labute approximate surface area is 67.4 Å². The lowest BCUT2D eigenvalue weighted by Crippen LogP contribution is -2.13. The van der Waals surface area contributed by atoms with Crippen molar-refractivity contribution in [2.24, 2.45) is 0 Å². The fourth-order valence-corrected chi connectivity index (χ4v) is 1.08. The van der Waals surface area contributed by atoms with Crippen molar-refractivity contribution in [1.29, 1.82) is 0 Å². The van der Waals surface area contributed by atoms with E-state index in [0.717, 1.165) is 11.3 Å². The van der Waals surface area contributed by atoms with Gasteiger partial charge in [0.2, 0.25) is 0 Å². The predicted molar refractivity (Wildman–Crippen MR) is 45.3 cm³/mol. The molecule has 0 aliphatic rings. The summed E-state index contributed by atoms with van der Waals surface area (Å²) in [6.45, 7) is 5.94. The normalized spacial score (nSPS) is 11.1. The molecule has 1 heteroatoms. The van der Waals surface area contributed by atoms with Crippen molar-refractivity contribution in [2.75, 3.05) is 0 Å². The molecule has 1 aromatic rings. The smallest absolute Gasteiger partial charge is 0.124 e. The molecule has 0 saturated heterocycles. The molecule has 1 aromatic heterocycles. The van der Waals surface area contributed by atoms with Crippen molar-refractivity contribution in [3.8, 4) is 12.3 Å². The highest BCUT2D eigenvalue weighted by atomic mass is 16.3. The van der Waals surface area contributed by atoms with Crippen LogP contribution in [0.2, 0.25) is 0 Å². The highest BCUT2D eigenvalue weighted by molar-refractivity contribution is 5.30. The van der Waals surface area contributed by atoms with Gasteiger partial charge in [0.15, 0.2) is 0 Å². The number of rotatable bonds is 1. The maximum atomic E-state index is 5.36. The maximum absolute atomic E-state index is 5.36. The van der Waals surface area contributed by atoms with Gasteiger partial charge in [-0.1, -0.05) is 5.92 Å². The van der Waals surface area contributed by atoms with Crippen LogP contribution in [0.5, 0.6) is 0 Å². The van der Waals surface area contributed by atoms with Crippen LogP contribution in [-0.4, -0.2) is 0 Å². The van der Waals surface area contributed by atoms with E-state index in [2.05, 4.69) is 5.92 Å². The van der Waals surface area contributed by atoms with Crippen molar-refractivity contribution in [1.82, 2.24) is 0 Å². The largest absolute Gasteiger partial charge is 0.467 e. The fraction of sp³-hybridized carbons (Fsp3) is 0.400. The van der Waals surface area contributed by atoms with Gasteiger partial charge in [-0.05, 0) is 32.4 Å². The summed E-state index contributed by atoms with van der Waals surface area (Å²) >= 11 is 0. The van der Waals surface area contributed by atoms with Gasteiger partial charge >= 0.3 is 0 Å². The van der Waals surface area contributed by atoms with Gasteiger partial charge in [-0.2, -0.15) is 0 Å². The van der Waals surface area contributed by atoms with Crippen molar-refractivity contribution in [2.45, 2.75) is 26.2 Å². The van der Waals surface area contributed by atoms with Crippen LogP contribution in [0.25, 0.3) is 0 Å². The summed E-state index contributed by atoms with van der Waals surface area (Å²) in [4.78, 5) is 0. The Hall–Kier alpha value is -1.16. The Balaban J connectivity index is 3.13. The van der Waals surface area contributed by atoms with Gasteiger partial charge in [0.1, 0.15) is 5.76 Å². The molecule has 0 unspecified atom stereocenters. The molecule has 1 nitrogen and oxygen atoms in total. The first kappa shape index (κ1) is 7.94. The van der Waals surface area contributed by atoms with Crippen molar-refractivity contribution < 1.29 is 4.42 Å². The molecule has 0 spiro atoms. The summed E-state index contributed by atoms with van der Waals surface area (Å²) in [7, 11) is 0. The number of hydrogen-bond acceptors (Lipinski definition) is 1. The molecule has 0 aromatic carbocycles. The summed E-state index contributed by atoms with van der Waals surface area (Å²) in [5, 5.41) is 0. The molecule has 0 aliphatic heterocycles. The third kappa shape index (κ3) is 1.30. The van der Waals surface area contributed by atoms with Gasteiger partial charge in [0.05, 0.1) is 11.7 Å². The van der Waals surface area contributed by atoms with E-state index in [9.17, 15) is 0 Å². The van der Waals surface area contributed by atoms with E-state index in [4.69, 9.17) is 10.8 Å². The van der Waals surface area contributed by atoms with Crippen LogP contribution in [0.15, 0.2) is 16.7 Å². The van der Waals surface area contributed by atoms with Crippen molar-refractivity contribution in [3.63, 3.8) is 0 Å². The van der Waals surface area contributed by atoms with Gasteiger partial charge in [-0.25, -0.2) is 0 Å². The molecule has 0 amide bonds.